The SMILES string of the molecule is COc1ccc(C(=O)/C=C/C(=O)N[C@@H](C)C(=O)O)cc1. The van der Waals surface area contributed by atoms with E-state index in [1.54, 1.807) is 24.3 Å². The summed E-state index contributed by atoms with van der Waals surface area (Å²) < 4.78 is 4.96. The molecule has 1 atom stereocenters. The number of carboxylic acid groups (broad SMARTS) is 1. The van der Waals surface area contributed by atoms with Gasteiger partial charge >= 0.3 is 5.97 Å². The zero-order valence-electron chi connectivity index (χ0n) is 11.1. The fraction of sp³-hybridized carbons (Fsp3) is 0.214. The molecule has 1 aromatic rings. The minimum absolute atomic E-state index is 0.356. The van der Waals surface area contributed by atoms with Gasteiger partial charge < -0.3 is 15.2 Å². The van der Waals surface area contributed by atoms with Gasteiger partial charge in [-0.15, -0.1) is 0 Å². The molecule has 0 saturated heterocycles. The van der Waals surface area contributed by atoms with Crippen molar-refractivity contribution in [1.82, 2.24) is 5.32 Å². The molecule has 0 radical (unpaired) electrons. The number of ketones is 1. The highest BCUT2D eigenvalue weighted by atomic mass is 16.5. The predicted octanol–water partition coefficient (Wildman–Crippen LogP) is 1.02. The Balaban J connectivity index is 2.62. The number of carboxylic acids is 1. The second-order valence-electron chi connectivity index (χ2n) is 3.99. The molecule has 1 amide bonds. The lowest BCUT2D eigenvalue weighted by atomic mass is 10.1. The molecule has 0 aliphatic heterocycles. The standard InChI is InChI=1S/C14H15NO5/c1-9(14(18)19)15-13(17)8-7-12(16)10-3-5-11(20-2)6-4-10/h3-9H,1-2H3,(H,15,17)(H,18,19)/b8-7+/t9-/m0/s1. The van der Waals surface area contributed by atoms with Crippen molar-refractivity contribution in [1.29, 1.82) is 0 Å². The molecule has 0 aliphatic rings. The Morgan fingerprint density at radius 3 is 2.30 bits per heavy atom. The number of carbonyl (C=O) groups excluding carboxylic acids is 2. The summed E-state index contributed by atoms with van der Waals surface area (Å²) in [6.45, 7) is 1.33. The molecule has 1 aromatic carbocycles. The van der Waals surface area contributed by atoms with Gasteiger partial charge in [0.2, 0.25) is 5.91 Å². The molecule has 0 saturated carbocycles. The first-order valence-electron chi connectivity index (χ1n) is 5.84. The summed E-state index contributed by atoms with van der Waals surface area (Å²) in [6, 6.07) is 5.40. The van der Waals surface area contributed by atoms with Crippen LogP contribution in [0.2, 0.25) is 0 Å². The van der Waals surface area contributed by atoms with Gasteiger partial charge in [0, 0.05) is 11.6 Å². The molecule has 2 N–H and O–H groups in total. The van der Waals surface area contributed by atoms with Crippen molar-refractivity contribution >= 4 is 17.7 Å². The average Bonchev–Trinajstić information content (AvgIpc) is 2.44. The minimum Gasteiger partial charge on any atom is -0.497 e. The van der Waals surface area contributed by atoms with E-state index in [-0.39, 0.29) is 5.78 Å². The van der Waals surface area contributed by atoms with E-state index in [0.717, 1.165) is 12.2 Å². The number of aliphatic carboxylic acids is 1. The van der Waals surface area contributed by atoms with Crippen LogP contribution in [0.25, 0.3) is 0 Å². The van der Waals surface area contributed by atoms with Crippen molar-refractivity contribution in [3.05, 3.63) is 42.0 Å². The smallest absolute Gasteiger partial charge is 0.325 e. The van der Waals surface area contributed by atoms with Crippen LogP contribution in [0.4, 0.5) is 0 Å². The highest BCUT2D eigenvalue weighted by molar-refractivity contribution is 6.07. The summed E-state index contributed by atoms with van der Waals surface area (Å²) in [5, 5.41) is 10.8. The van der Waals surface area contributed by atoms with Crippen LogP contribution < -0.4 is 10.1 Å². The Bertz CT molecular complexity index is 533. The van der Waals surface area contributed by atoms with Crippen LogP contribution in [-0.2, 0) is 9.59 Å². The van der Waals surface area contributed by atoms with Crippen LogP contribution >= 0.6 is 0 Å². The van der Waals surface area contributed by atoms with Gasteiger partial charge in [-0.05, 0) is 37.3 Å². The quantitative estimate of drug-likeness (QED) is 0.598. The molecule has 0 aromatic heterocycles. The number of methoxy groups -OCH3 is 1. The summed E-state index contributed by atoms with van der Waals surface area (Å²) in [5.74, 6) is -1.51. The first-order valence-corrected chi connectivity index (χ1v) is 5.84. The maximum absolute atomic E-state index is 11.7. The van der Waals surface area contributed by atoms with E-state index in [1.807, 2.05) is 0 Å². The number of rotatable bonds is 6. The zero-order chi connectivity index (χ0) is 15.1. The van der Waals surface area contributed by atoms with Crippen molar-refractivity contribution in [3.63, 3.8) is 0 Å². The second kappa shape index (κ2) is 7.08. The molecule has 0 unspecified atom stereocenters. The number of ether oxygens (including phenoxy) is 1. The van der Waals surface area contributed by atoms with E-state index in [1.165, 1.54) is 14.0 Å². The number of hydrogen-bond acceptors (Lipinski definition) is 4. The molecular formula is C14H15NO5. The molecule has 1 rings (SSSR count). The van der Waals surface area contributed by atoms with Gasteiger partial charge in [-0.3, -0.25) is 14.4 Å². The molecular weight excluding hydrogens is 262 g/mol. The van der Waals surface area contributed by atoms with Crippen molar-refractivity contribution in [2.45, 2.75) is 13.0 Å². The molecule has 0 fully saturated rings. The van der Waals surface area contributed by atoms with Crippen LogP contribution in [-0.4, -0.2) is 35.9 Å². The lowest BCUT2D eigenvalue weighted by Gasteiger charge is -2.05. The number of amides is 1. The fourth-order valence-electron chi connectivity index (χ4n) is 1.33. The Labute approximate surface area is 116 Å². The molecule has 0 bridgehead atoms. The van der Waals surface area contributed by atoms with Crippen LogP contribution in [0.15, 0.2) is 36.4 Å². The van der Waals surface area contributed by atoms with Crippen molar-refractivity contribution in [2.24, 2.45) is 0 Å². The first kappa shape index (κ1) is 15.4. The molecule has 0 spiro atoms. The third kappa shape index (κ3) is 4.56. The number of allylic oxidation sites excluding steroid dienone is 1. The van der Waals surface area contributed by atoms with Crippen LogP contribution in [0, 0.1) is 0 Å². The third-order valence-corrected chi connectivity index (χ3v) is 2.49. The summed E-state index contributed by atoms with van der Waals surface area (Å²) in [6.07, 6.45) is 2.09. The Hall–Kier alpha value is -2.63. The fourth-order valence-corrected chi connectivity index (χ4v) is 1.33. The highest BCUT2D eigenvalue weighted by Crippen LogP contribution is 2.11. The van der Waals surface area contributed by atoms with E-state index in [0.29, 0.717) is 11.3 Å². The molecule has 0 aliphatic carbocycles. The van der Waals surface area contributed by atoms with Gasteiger partial charge in [0.15, 0.2) is 5.78 Å². The number of benzene rings is 1. The third-order valence-electron chi connectivity index (χ3n) is 2.49. The van der Waals surface area contributed by atoms with Crippen molar-refractivity contribution < 1.29 is 24.2 Å². The largest absolute Gasteiger partial charge is 0.497 e. The van der Waals surface area contributed by atoms with E-state index in [9.17, 15) is 14.4 Å². The van der Waals surface area contributed by atoms with Crippen LogP contribution in [0.3, 0.4) is 0 Å². The molecule has 6 nitrogen and oxygen atoms in total. The first-order chi connectivity index (χ1) is 9.43. The van der Waals surface area contributed by atoms with E-state index >= 15 is 0 Å². The normalized spacial score (nSPS) is 11.9. The summed E-state index contributed by atoms with van der Waals surface area (Å²) in [7, 11) is 1.52. The minimum atomic E-state index is -1.15. The monoisotopic (exact) mass is 277 g/mol. The lowest BCUT2D eigenvalue weighted by Crippen LogP contribution is -2.37. The summed E-state index contributed by atoms with van der Waals surface area (Å²) in [4.78, 5) is 33.6. The van der Waals surface area contributed by atoms with E-state index < -0.39 is 17.9 Å². The van der Waals surface area contributed by atoms with E-state index in [4.69, 9.17) is 9.84 Å². The summed E-state index contributed by atoms with van der Waals surface area (Å²) >= 11 is 0. The van der Waals surface area contributed by atoms with E-state index in [2.05, 4.69) is 5.32 Å². The Kier molecular flexibility index (Phi) is 5.46. The van der Waals surface area contributed by atoms with Crippen molar-refractivity contribution in [2.75, 3.05) is 7.11 Å². The molecule has 20 heavy (non-hydrogen) atoms. The van der Waals surface area contributed by atoms with Gasteiger partial charge in [-0.25, -0.2) is 0 Å². The average molecular weight is 277 g/mol. The van der Waals surface area contributed by atoms with Gasteiger partial charge in [0.1, 0.15) is 11.8 Å². The predicted molar refractivity (Wildman–Crippen MR) is 71.7 cm³/mol. The number of carbonyl (C=O) groups is 3. The highest BCUT2D eigenvalue weighted by Gasteiger charge is 2.12. The van der Waals surface area contributed by atoms with Gasteiger partial charge in [-0.2, -0.15) is 0 Å². The van der Waals surface area contributed by atoms with Crippen molar-refractivity contribution in [3.8, 4) is 5.75 Å². The molecule has 6 heteroatoms. The van der Waals surface area contributed by atoms with Gasteiger partial charge in [0.05, 0.1) is 7.11 Å². The maximum Gasteiger partial charge on any atom is 0.325 e. The van der Waals surface area contributed by atoms with Gasteiger partial charge in [0.25, 0.3) is 0 Å². The summed E-state index contributed by atoms with van der Waals surface area (Å²) in [5.41, 5.74) is 0.404. The second-order valence-corrected chi connectivity index (χ2v) is 3.99. The van der Waals surface area contributed by atoms with Crippen LogP contribution in [0.5, 0.6) is 5.75 Å². The number of hydrogen-bond donors (Lipinski definition) is 2. The Morgan fingerprint density at radius 1 is 1.20 bits per heavy atom. The number of nitrogens with one attached hydrogen (secondary N) is 1. The maximum atomic E-state index is 11.7. The molecule has 106 valence electrons. The topological polar surface area (TPSA) is 92.7 Å². The Morgan fingerprint density at radius 2 is 1.80 bits per heavy atom. The van der Waals surface area contributed by atoms with Gasteiger partial charge in [-0.1, -0.05) is 0 Å². The zero-order valence-corrected chi connectivity index (χ0v) is 11.1. The molecule has 0 heterocycles. The van der Waals surface area contributed by atoms with Crippen LogP contribution in [0.1, 0.15) is 17.3 Å². The lowest BCUT2D eigenvalue weighted by molar-refractivity contribution is -0.140.